The number of rotatable bonds is 2. The summed E-state index contributed by atoms with van der Waals surface area (Å²) in [5.74, 6) is -0.340. The topological polar surface area (TPSA) is 47.9 Å². The highest BCUT2D eigenvalue weighted by Crippen LogP contribution is 2.26. The predicted molar refractivity (Wildman–Crippen MR) is 44.1 cm³/mol. The van der Waals surface area contributed by atoms with Crippen LogP contribution in [0.15, 0.2) is 4.99 Å². The molecule has 0 N–H and O–H groups in total. The fraction of sp³-hybridized carbons (Fsp3) is 0.750. The van der Waals surface area contributed by atoms with Gasteiger partial charge in [0.15, 0.2) is 12.4 Å². The van der Waals surface area contributed by atoms with E-state index in [0.717, 1.165) is 6.42 Å². The number of hydrogen-bond acceptors (Lipinski definition) is 4. The van der Waals surface area contributed by atoms with Crippen molar-refractivity contribution < 1.29 is 14.3 Å². The van der Waals surface area contributed by atoms with Crippen LogP contribution in [0.4, 0.5) is 0 Å². The van der Waals surface area contributed by atoms with Gasteiger partial charge in [-0.3, -0.25) is 0 Å². The highest BCUT2D eigenvalue weighted by atomic mass is 16.5. The third-order valence-electron chi connectivity index (χ3n) is 2.24. The largest absolute Gasteiger partial charge is 0.475 e. The van der Waals surface area contributed by atoms with Crippen LogP contribution >= 0.6 is 0 Å². The van der Waals surface area contributed by atoms with Gasteiger partial charge in [0.1, 0.15) is 5.60 Å². The van der Waals surface area contributed by atoms with Crippen LogP contribution in [0, 0.1) is 0 Å². The van der Waals surface area contributed by atoms with E-state index < -0.39 is 11.6 Å². The molecule has 0 radical (unpaired) electrons. The molecule has 4 nitrogen and oxygen atoms in total. The van der Waals surface area contributed by atoms with E-state index in [4.69, 9.17) is 4.74 Å². The molecule has 2 atom stereocenters. The van der Waals surface area contributed by atoms with E-state index in [2.05, 4.69) is 9.73 Å². The molecule has 1 aliphatic rings. The van der Waals surface area contributed by atoms with Gasteiger partial charge in [0, 0.05) is 0 Å². The first-order chi connectivity index (χ1) is 5.64. The van der Waals surface area contributed by atoms with Crippen LogP contribution in [-0.4, -0.2) is 31.1 Å². The Morgan fingerprint density at radius 1 is 1.83 bits per heavy atom. The summed E-state index contributed by atoms with van der Waals surface area (Å²) in [6, 6.07) is -0.507. The molecule has 0 aromatic rings. The van der Waals surface area contributed by atoms with Crippen LogP contribution in [-0.2, 0) is 14.3 Å². The molecule has 0 aliphatic carbocycles. The van der Waals surface area contributed by atoms with Crippen molar-refractivity contribution in [1.82, 2.24) is 0 Å². The summed E-state index contributed by atoms with van der Waals surface area (Å²) >= 11 is 0. The fourth-order valence-electron chi connectivity index (χ4n) is 1.13. The van der Waals surface area contributed by atoms with Gasteiger partial charge >= 0.3 is 5.97 Å². The smallest absolute Gasteiger partial charge is 0.334 e. The molecule has 0 bridgehead atoms. The van der Waals surface area contributed by atoms with E-state index in [1.165, 1.54) is 13.5 Å². The van der Waals surface area contributed by atoms with Gasteiger partial charge in [0.25, 0.3) is 0 Å². The molecule has 1 aliphatic heterocycles. The van der Waals surface area contributed by atoms with Crippen LogP contribution in [0.3, 0.4) is 0 Å². The summed E-state index contributed by atoms with van der Waals surface area (Å²) in [6.45, 7) is 3.80. The first-order valence-corrected chi connectivity index (χ1v) is 3.91. The van der Waals surface area contributed by atoms with E-state index in [9.17, 15) is 4.79 Å². The summed E-state index contributed by atoms with van der Waals surface area (Å²) in [6.07, 6.45) is 2.05. The first-order valence-electron chi connectivity index (χ1n) is 3.91. The molecule has 0 saturated carbocycles. The fourth-order valence-corrected chi connectivity index (χ4v) is 1.13. The highest BCUT2D eigenvalue weighted by Gasteiger charge is 2.43. The van der Waals surface area contributed by atoms with E-state index in [0.29, 0.717) is 0 Å². The molecule has 0 amide bonds. The molecule has 1 rings (SSSR count). The number of esters is 1. The Morgan fingerprint density at radius 2 is 2.50 bits per heavy atom. The zero-order valence-corrected chi connectivity index (χ0v) is 7.53. The second kappa shape index (κ2) is 3.13. The maximum atomic E-state index is 11.2. The molecule has 0 saturated heterocycles. The third kappa shape index (κ3) is 1.29. The Morgan fingerprint density at radius 3 is 3.00 bits per heavy atom. The van der Waals surface area contributed by atoms with E-state index in [1.807, 2.05) is 13.8 Å². The van der Waals surface area contributed by atoms with Crippen LogP contribution in [0.25, 0.3) is 0 Å². The summed E-state index contributed by atoms with van der Waals surface area (Å²) < 4.78 is 9.83. The van der Waals surface area contributed by atoms with Gasteiger partial charge < -0.3 is 9.47 Å². The Kier molecular flexibility index (Phi) is 2.35. The van der Waals surface area contributed by atoms with E-state index in [1.54, 1.807) is 0 Å². The van der Waals surface area contributed by atoms with Gasteiger partial charge in [0.2, 0.25) is 0 Å². The van der Waals surface area contributed by atoms with Crippen molar-refractivity contribution >= 4 is 12.4 Å². The number of hydrogen-bond donors (Lipinski definition) is 0. The second-order valence-electron chi connectivity index (χ2n) is 2.96. The number of carbonyl (C=O) groups excluding carboxylic acids is 1. The maximum Gasteiger partial charge on any atom is 0.334 e. The minimum absolute atomic E-state index is 0.340. The number of carbonyl (C=O) groups is 1. The van der Waals surface area contributed by atoms with Crippen molar-refractivity contribution in [2.24, 2.45) is 4.99 Å². The second-order valence-corrected chi connectivity index (χ2v) is 2.96. The lowest BCUT2D eigenvalue weighted by atomic mass is 9.94. The number of nitrogens with zero attached hydrogens (tertiary/aromatic N) is 1. The molecule has 0 fully saturated rings. The SMILES string of the molecule is CC[C@]1(C)OC=N[C@H]1C(=O)OC. The van der Waals surface area contributed by atoms with Crippen LogP contribution in [0.1, 0.15) is 20.3 Å². The Hall–Kier alpha value is -1.06. The molecular weight excluding hydrogens is 158 g/mol. The van der Waals surface area contributed by atoms with Crippen molar-refractivity contribution in [2.45, 2.75) is 31.9 Å². The zero-order chi connectivity index (χ0) is 9.19. The van der Waals surface area contributed by atoms with Crippen LogP contribution in [0.5, 0.6) is 0 Å². The Balaban J connectivity index is 2.75. The van der Waals surface area contributed by atoms with Crippen molar-refractivity contribution in [1.29, 1.82) is 0 Å². The third-order valence-corrected chi connectivity index (χ3v) is 2.24. The molecule has 4 heteroatoms. The average molecular weight is 171 g/mol. The molecular formula is C8H13NO3. The van der Waals surface area contributed by atoms with Crippen molar-refractivity contribution in [2.75, 3.05) is 7.11 Å². The minimum Gasteiger partial charge on any atom is -0.475 e. The number of ether oxygens (including phenoxy) is 2. The van der Waals surface area contributed by atoms with Crippen LogP contribution < -0.4 is 0 Å². The maximum absolute atomic E-state index is 11.2. The van der Waals surface area contributed by atoms with Crippen molar-refractivity contribution in [3.63, 3.8) is 0 Å². The summed E-state index contributed by atoms with van der Waals surface area (Å²) in [4.78, 5) is 15.1. The predicted octanol–water partition coefficient (Wildman–Crippen LogP) is 0.755. The molecule has 68 valence electrons. The van der Waals surface area contributed by atoms with Crippen molar-refractivity contribution in [3.05, 3.63) is 0 Å². The van der Waals surface area contributed by atoms with Gasteiger partial charge in [-0.1, -0.05) is 6.92 Å². The normalized spacial score (nSPS) is 33.1. The van der Waals surface area contributed by atoms with E-state index >= 15 is 0 Å². The lowest BCUT2D eigenvalue weighted by Crippen LogP contribution is -2.41. The van der Waals surface area contributed by atoms with E-state index in [-0.39, 0.29) is 5.97 Å². The van der Waals surface area contributed by atoms with Gasteiger partial charge in [-0.05, 0) is 13.3 Å². The molecule has 0 aromatic carbocycles. The van der Waals surface area contributed by atoms with Gasteiger partial charge in [-0.2, -0.15) is 0 Å². The average Bonchev–Trinajstić information content (AvgIpc) is 2.47. The van der Waals surface area contributed by atoms with Crippen molar-refractivity contribution in [3.8, 4) is 0 Å². The minimum atomic E-state index is -0.521. The lowest BCUT2D eigenvalue weighted by molar-refractivity contribution is -0.146. The van der Waals surface area contributed by atoms with Crippen LogP contribution in [0.2, 0.25) is 0 Å². The highest BCUT2D eigenvalue weighted by molar-refractivity contribution is 5.80. The molecule has 0 unspecified atom stereocenters. The standard InChI is InChI=1S/C8H13NO3/c1-4-8(2)6(7(10)11-3)9-5-12-8/h5-6H,4H2,1-3H3/t6-,8-/m0/s1. The van der Waals surface area contributed by atoms with Gasteiger partial charge in [-0.25, -0.2) is 9.79 Å². The lowest BCUT2D eigenvalue weighted by Gasteiger charge is -2.25. The summed E-state index contributed by atoms with van der Waals surface area (Å²) in [7, 11) is 1.35. The van der Waals surface area contributed by atoms with Gasteiger partial charge in [0.05, 0.1) is 7.11 Å². The molecule has 12 heavy (non-hydrogen) atoms. The first kappa shape index (κ1) is 9.03. The number of aliphatic imine (C=N–C) groups is 1. The summed E-state index contributed by atoms with van der Waals surface area (Å²) in [5.41, 5.74) is -0.521. The molecule has 0 spiro atoms. The zero-order valence-electron chi connectivity index (χ0n) is 7.53. The number of methoxy groups -OCH3 is 1. The van der Waals surface area contributed by atoms with Gasteiger partial charge in [-0.15, -0.1) is 0 Å². The monoisotopic (exact) mass is 171 g/mol. The Bertz CT molecular complexity index is 214. The molecule has 0 aromatic heterocycles. The summed E-state index contributed by atoms with van der Waals surface area (Å²) in [5, 5.41) is 0. The Labute approximate surface area is 71.6 Å². The quantitative estimate of drug-likeness (QED) is 0.576. The molecule has 1 heterocycles.